The van der Waals surface area contributed by atoms with Crippen molar-refractivity contribution in [2.75, 3.05) is 19.0 Å². The topological polar surface area (TPSA) is 55.4 Å². The Kier molecular flexibility index (Phi) is 7.13. The smallest absolute Gasteiger partial charge is 0.211 e. The molecule has 0 aliphatic heterocycles. The summed E-state index contributed by atoms with van der Waals surface area (Å²) in [5.41, 5.74) is 0. The second-order valence-corrected chi connectivity index (χ2v) is 5.43. The minimum atomic E-state index is -3.10. The lowest BCUT2D eigenvalue weighted by atomic mass is 10.4. The van der Waals surface area contributed by atoms with Gasteiger partial charge in [-0.1, -0.05) is 6.92 Å². The molecule has 0 aliphatic rings. The van der Waals surface area contributed by atoms with Crippen LogP contribution in [0.5, 0.6) is 0 Å². The van der Waals surface area contributed by atoms with Gasteiger partial charge in [-0.15, -0.1) is 0 Å². The Hall–Kier alpha value is -0.130. The SMILES string of the molecule is CCCOCCCS(=O)(=O)NC(C)C. The molecule has 0 atom stereocenters. The van der Waals surface area contributed by atoms with Crippen LogP contribution < -0.4 is 4.72 Å². The number of nitrogens with one attached hydrogen (secondary N) is 1. The summed E-state index contributed by atoms with van der Waals surface area (Å²) in [7, 11) is -3.10. The summed E-state index contributed by atoms with van der Waals surface area (Å²) < 4.78 is 30.3. The summed E-state index contributed by atoms with van der Waals surface area (Å²) in [5, 5.41) is 0. The van der Waals surface area contributed by atoms with Crippen LogP contribution in [0.15, 0.2) is 0 Å². The van der Waals surface area contributed by atoms with Crippen LogP contribution in [0.1, 0.15) is 33.6 Å². The van der Waals surface area contributed by atoms with Gasteiger partial charge in [-0.05, 0) is 26.7 Å². The first-order chi connectivity index (χ1) is 6.48. The van der Waals surface area contributed by atoms with E-state index >= 15 is 0 Å². The lowest BCUT2D eigenvalue weighted by Gasteiger charge is -2.09. The molecule has 14 heavy (non-hydrogen) atoms. The van der Waals surface area contributed by atoms with Crippen molar-refractivity contribution in [3.05, 3.63) is 0 Å². The zero-order valence-electron chi connectivity index (χ0n) is 9.25. The molecule has 4 nitrogen and oxygen atoms in total. The third-order valence-corrected chi connectivity index (χ3v) is 3.12. The molecule has 0 amide bonds. The quantitative estimate of drug-likeness (QED) is 0.628. The van der Waals surface area contributed by atoms with Crippen LogP contribution in [0.3, 0.4) is 0 Å². The van der Waals surface area contributed by atoms with E-state index in [1.165, 1.54) is 0 Å². The zero-order chi connectivity index (χ0) is 11.0. The maximum absolute atomic E-state index is 11.3. The minimum Gasteiger partial charge on any atom is -0.381 e. The molecule has 0 bridgehead atoms. The first kappa shape index (κ1) is 13.9. The molecule has 0 spiro atoms. The lowest BCUT2D eigenvalue weighted by Crippen LogP contribution is -2.32. The van der Waals surface area contributed by atoms with E-state index in [2.05, 4.69) is 4.72 Å². The molecule has 0 heterocycles. The van der Waals surface area contributed by atoms with Crippen LogP contribution in [0, 0.1) is 0 Å². The van der Waals surface area contributed by atoms with Gasteiger partial charge in [-0.25, -0.2) is 13.1 Å². The highest BCUT2D eigenvalue weighted by molar-refractivity contribution is 7.89. The van der Waals surface area contributed by atoms with Crippen molar-refractivity contribution < 1.29 is 13.2 Å². The summed E-state index contributed by atoms with van der Waals surface area (Å²) in [4.78, 5) is 0. The fourth-order valence-electron chi connectivity index (χ4n) is 1.02. The number of hydrogen-bond acceptors (Lipinski definition) is 3. The molecular weight excluding hydrogens is 202 g/mol. The zero-order valence-corrected chi connectivity index (χ0v) is 10.1. The number of sulfonamides is 1. The fraction of sp³-hybridized carbons (Fsp3) is 1.00. The van der Waals surface area contributed by atoms with Gasteiger partial charge < -0.3 is 4.74 Å². The number of ether oxygens (including phenoxy) is 1. The summed E-state index contributed by atoms with van der Waals surface area (Å²) in [6, 6.07) is -0.0310. The summed E-state index contributed by atoms with van der Waals surface area (Å²) in [5.74, 6) is 0.148. The minimum absolute atomic E-state index is 0.0310. The number of hydrogen-bond donors (Lipinski definition) is 1. The Balaban J connectivity index is 3.56. The van der Waals surface area contributed by atoms with Crippen molar-refractivity contribution in [1.29, 1.82) is 0 Å². The van der Waals surface area contributed by atoms with Crippen LogP contribution >= 0.6 is 0 Å². The molecule has 5 heteroatoms. The molecule has 0 unspecified atom stereocenters. The van der Waals surface area contributed by atoms with E-state index in [1.807, 2.05) is 20.8 Å². The highest BCUT2D eigenvalue weighted by atomic mass is 32.2. The van der Waals surface area contributed by atoms with Crippen molar-refractivity contribution in [3.63, 3.8) is 0 Å². The molecule has 0 aromatic rings. The van der Waals surface area contributed by atoms with E-state index < -0.39 is 10.0 Å². The molecule has 0 radical (unpaired) electrons. The largest absolute Gasteiger partial charge is 0.381 e. The second kappa shape index (κ2) is 7.20. The maximum Gasteiger partial charge on any atom is 0.211 e. The van der Waals surface area contributed by atoms with E-state index in [1.54, 1.807) is 0 Å². The van der Waals surface area contributed by atoms with E-state index in [0.29, 0.717) is 19.6 Å². The molecule has 86 valence electrons. The van der Waals surface area contributed by atoms with Gasteiger partial charge >= 0.3 is 0 Å². The third kappa shape index (κ3) is 8.47. The van der Waals surface area contributed by atoms with Crippen LogP contribution in [0.4, 0.5) is 0 Å². The van der Waals surface area contributed by atoms with Crippen molar-refractivity contribution in [1.82, 2.24) is 4.72 Å². The highest BCUT2D eigenvalue weighted by Crippen LogP contribution is 1.93. The van der Waals surface area contributed by atoms with E-state index in [9.17, 15) is 8.42 Å². The Morgan fingerprint density at radius 1 is 1.29 bits per heavy atom. The Morgan fingerprint density at radius 2 is 1.93 bits per heavy atom. The lowest BCUT2D eigenvalue weighted by molar-refractivity contribution is 0.136. The Bertz CT molecular complexity index is 224. The van der Waals surface area contributed by atoms with Crippen molar-refractivity contribution >= 4 is 10.0 Å². The van der Waals surface area contributed by atoms with Gasteiger partial charge in [0.2, 0.25) is 10.0 Å². The molecule has 0 rings (SSSR count). The molecule has 0 aromatic carbocycles. The average molecular weight is 223 g/mol. The molecule has 0 aliphatic carbocycles. The second-order valence-electron chi connectivity index (χ2n) is 3.56. The maximum atomic E-state index is 11.3. The van der Waals surface area contributed by atoms with Gasteiger partial charge in [-0.3, -0.25) is 0 Å². The van der Waals surface area contributed by atoms with Gasteiger partial charge in [-0.2, -0.15) is 0 Å². The van der Waals surface area contributed by atoms with E-state index in [0.717, 1.165) is 6.42 Å². The summed E-state index contributed by atoms with van der Waals surface area (Å²) in [6.45, 7) is 6.87. The monoisotopic (exact) mass is 223 g/mol. The van der Waals surface area contributed by atoms with Crippen LogP contribution in [-0.4, -0.2) is 33.4 Å². The Morgan fingerprint density at radius 3 is 2.43 bits per heavy atom. The normalized spacial score (nSPS) is 12.3. The van der Waals surface area contributed by atoms with E-state index in [-0.39, 0.29) is 11.8 Å². The highest BCUT2D eigenvalue weighted by Gasteiger charge is 2.10. The van der Waals surface area contributed by atoms with Gasteiger partial charge in [0, 0.05) is 19.3 Å². The number of rotatable bonds is 8. The standard InChI is InChI=1S/C9H21NO3S/c1-4-6-13-7-5-8-14(11,12)10-9(2)3/h9-10H,4-8H2,1-3H3. The first-order valence-electron chi connectivity index (χ1n) is 5.05. The van der Waals surface area contributed by atoms with Crippen molar-refractivity contribution in [2.45, 2.75) is 39.7 Å². The van der Waals surface area contributed by atoms with Gasteiger partial charge in [0.15, 0.2) is 0 Å². The van der Waals surface area contributed by atoms with Gasteiger partial charge in [0.05, 0.1) is 5.75 Å². The summed E-state index contributed by atoms with van der Waals surface area (Å²) >= 11 is 0. The predicted molar refractivity (Wildman–Crippen MR) is 57.8 cm³/mol. The van der Waals surface area contributed by atoms with E-state index in [4.69, 9.17) is 4.74 Å². The molecule has 0 aromatic heterocycles. The molecular formula is C9H21NO3S. The first-order valence-corrected chi connectivity index (χ1v) is 6.71. The predicted octanol–water partition coefficient (Wildman–Crippen LogP) is 1.13. The fourth-order valence-corrected chi connectivity index (χ4v) is 2.35. The van der Waals surface area contributed by atoms with Crippen molar-refractivity contribution in [2.24, 2.45) is 0 Å². The molecule has 0 fully saturated rings. The molecule has 0 saturated carbocycles. The van der Waals surface area contributed by atoms with Crippen LogP contribution in [0.2, 0.25) is 0 Å². The molecule has 1 N–H and O–H groups in total. The molecule has 0 saturated heterocycles. The van der Waals surface area contributed by atoms with Crippen LogP contribution in [0.25, 0.3) is 0 Å². The average Bonchev–Trinajstić information content (AvgIpc) is 2.01. The van der Waals surface area contributed by atoms with Gasteiger partial charge in [0.25, 0.3) is 0 Å². The third-order valence-electron chi connectivity index (χ3n) is 1.47. The van der Waals surface area contributed by atoms with Crippen molar-refractivity contribution in [3.8, 4) is 0 Å². The Labute approximate surface area is 87.1 Å². The summed E-state index contributed by atoms with van der Waals surface area (Å²) in [6.07, 6.45) is 1.53. The van der Waals surface area contributed by atoms with Gasteiger partial charge in [0.1, 0.15) is 0 Å². The van der Waals surface area contributed by atoms with Crippen LogP contribution in [-0.2, 0) is 14.8 Å².